The molecule has 0 bridgehead atoms. The second-order valence-corrected chi connectivity index (χ2v) is 3.78. The third kappa shape index (κ3) is 4.07. The number of benzene rings is 1. The van der Waals surface area contributed by atoms with Crippen LogP contribution in [0.4, 0.5) is 11.4 Å². The standard InChI is InChI=1S/C11H10ClN3O4/c1-2-5-13-10(16)11(17)14-9-6-7(15(18)19)3-4-8(9)12/h2-4,6H,1,5H2,(H,13,16)(H,14,17). The van der Waals surface area contributed by atoms with Crippen molar-refractivity contribution in [1.82, 2.24) is 5.32 Å². The molecule has 0 saturated carbocycles. The van der Waals surface area contributed by atoms with Gasteiger partial charge in [-0.3, -0.25) is 19.7 Å². The first-order valence-corrected chi connectivity index (χ1v) is 5.47. The number of nitrogens with zero attached hydrogens (tertiary/aromatic N) is 1. The minimum absolute atomic E-state index is 0.00498. The third-order valence-electron chi connectivity index (χ3n) is 2.02. The predicted molar refractivity (Wildman–Crippen MR) is 69.9 cm³/mol. The summed E-state index contributed by atoms with van der Waals surface area (Å²) in [7, 11) is 0. The van der Waals surface area contributed by atoms with Crippen molar-refractivity contribution in [3.05, 3.63) is 46.0 Å². The summed E-state index contributed by atoms with van der Waals surface area (Å²) in [6.45, 7) is 3.51. The zero-order chi connectivity index (χ0) is 14.4. The van der Waals surface area contributed by atoms with Crippen LogP contribution in [-0.2, 0) is 9.59 Å². The minimum Gasteiger partial charge on any atom is -0.344 e. The van der Waals surface area contributed by atoms with E-state index in [1.54, 1.807) is 0 Å². The summed E-state index contributed by atoms with van der Waals surface area (Å²) < 4.78 is 0. The Morgan fingerprint density at radius 3 is 2.68 bits per heavy atom. The molecule has 1 aromatic rings. The summed E-state index contributed by atoms with van der Waals surface area (Å²) in [5, 5.41) is 15.1. The Hall–Kier alpha value is -2.41. The summed E-state index contributed by atoms with van der Waals surface area (Å²) in [5.74, 6) is -1.85. The van der Waals surface area contributed by atoms with Gasteiger partial charge in [0.05, 0.1) is 15.6 Å². The Kier molecular flexibility index (Phi) is 5.01. The van der Waals surface area contributed by atoms with Crippen molar-refractivity contribution >= 4 is 34.8 Å². The number of amides is 2. The van der Waals surface area contributed by atoms with Gasteiger partial charge in [-0.05, 0) is 6.07 Å². The quantitative estimate of drug-likeness (QED) is 0.378. The predicted octanol–water partition coefficient (Wildman–Crippen LogP) is 1.49. The summed E-state index contributed by atoms with van der Waals surface area (Å²) in [6.07, 6.45) is 1.41. The van der Waals surface area contributed by atoms with Gasteiger partial charge in [-0.1, -0.05) is 17.7 Å². The highest BCUT2D eigenvalue weighted by Gasteiger charge is 2.16. The third-order valence-corrected chi connectivity index (χ3v) is 2.35. The van der Waals surface area contributed by atoms with Crippen molar-refractivity contribution < 1.29 is 14.5 Å². The summed E-state index contributed by atoms with van der Waals surface area (Å²) in [5.41, 5.74) is -0.249. The summed E-state index contributed by atoms with van der Waals surface area (Å²) in [6, 6.07) is 3.52. The van der Waals surface area contributed by atoms with Crippen LogP contribution >= 0.6 is 11.6 Å². The minimum atomic E-state index is -0.968. The molecule has 0 heterocycles. The van der Waals surface area contributed by atoms with Crippen LogP contribution in [0.5, 0.6) is 0 Å². The zero-order valence-corrected chi connectivity index (χ0v) is 10.4. The number of carbonyl (C=O) groups excluding carboxylic acids is 2. The first kappa shape index (κ1) is 14.7. The van der Waals surface area contributed by atoms with Crippen LogP contribution < -0.4 is 10.6 Å². The molecule has 2 amide bonds. The molecule has 0 aliphatic carbocycles. The first-order valence-electron chi connectivity index (χ1n) is 5.09. The van der Waals surface area contributed by atoms with E-state index in [0.717, 1.165) is 6.07 Å². The monoisotopic (exact) mass is 283 g/mol. The van der Waals surface area contributed by atoms with Gasteiger partial charge in [0.1, 0.15) is 0 Å². The number of halogens is 1. The molecule has 0 aromatic heterocycles. The maximum absolute atomic E-state index is 11.5. The van der Waals surface area contributed by atoms with E-state index >= 15 is 0 Å². The fraction of sp³-hybridized carbons (Fsp3) is 0.0909. The van der Waals surface area contributed by atoms with E-state index in [2.05, 4.69) is 17.2 Å². The van der Waals surface area contributed by atoms with Gasteiger partial charge in [0.15, 0.2) is 0 Å². The van der Waals surface area contributed by atoms with Crippen molar-refractivity contribution in [2.75, 3.05) is 11.9 Å². The van der Waals surface area contributed by atoms with Gasteiger partial charge >= 0.3 is 11.8 Å². The zero-order valence-electron chi connectivity index (χ0n) is 9.68. The molecular formula is C11H10ClN3O4. The maximum Gasteiger partial charge on any atom is 0.313 e. The molecule has 0 aliphatic rings. The van der Waals surface area contributed by atoms with E-state index < -0.39 is 16.7 Å². The molecule has 0 aliphatic heterocycles. The number of hydrogen-bond donors (Lipinski definition) is 2. The Bertz CT molecular complexity index is 545. The molecule has 0 unspecified atom stereocenters. The van der Waals surface area contributed by atoms with Gasteiger partial charge in [0.25, 0.3) is 5.69 Å². The van der Waals surface area contributed by atoms with E-state index in [-0.39, 0.29) is 22.9 Å². The van der Waals surface area contributed by atoms with E-state index in [0.29, 0.717) is 0 Å². The van der Waals surface area contributed by atoms with E-state index in [1.165, 1.54) is 18.2 Å². The topological polar surface area (TPSA) is 101 Å². The molecule has 100 valence electrons. The second kappa shape index (κ2) is 6.50. The van der Waals surface area contributed by atoms with Crippen LogP contribution in [0.1, 0.15) is 0 Å². The number of nitro benzene ring substituents is 1. The molecule has 7 nitrogen and oxygen atoms in total. The van der Waals surface area contributed by atoms with Gasteiger partial charge in [-0.2, -0.15) is 0 Å². The van der Waals surface area contributed by atoms with Crippen LogP contribution in [-0.4, -0.2) is 23.3 Å². The molecule has 19 heavy (non-hydrogen) atoms. The molecular weight excluding hydrogens is 274 g/mol. The Balaban J connectivity index is 2.84. The van der Waals surface area contributed by atoms with Crippen molar-refractivity contribution in [3.63, 3.8) is 0 Å². The number of hydrogen-bond acceptors (Lipinski definition) is 4. The van der Waals surface area contributed by atoms with E-state index in [9.17, 15) is 19.7 Å². The average Bonchev–Trinajstić information content (AvgIpc) is 2.38. The van der Waals surface area contributed by atoms with Crippen molar-refractivity contribution in [1.29, 1.82) is 0 Å². The van der Waals surface area contributed by atoms with E-state index in [4.69, 9.17) is 11.6 Å². The highest BCUT2D eigenvalue weighted by molar-refractivity contribution is 6.41. The molecule has 1 aromatic carbocycles. The van der Waals surface area contributed by atoms with Crippen molar-refractivity contribution in [2.45, 2.75) is 0 Å². The SMILES string of the molecule is C=CCNC(=O)C(=O)Nc1cc([N+](=O)[O-])ccc1Cl. The highest BCUT2D eigenvalue weighted by Crippen LogP contribution is 2.26. The lowest BCUT2D eigenvalue weighted by atomic mass is 10.2. The van der Waals surface area contributed by atoms with Gasteiger partial charge in [0, 0.05) is 18.7 Å². The van der Waals surface area contributed by atoms with Crippen LogP contribution in [0.2, 0.25) is 5.02 Å². The number of anilines is 1. The van der Waals surface area contributed by atoms with Crippen molar-refractivity contribution in [3.8, 4) is 0 Å². The molecule has 8 heteroatoms. The average molecular weight is 284 g/mol. The number of rotatable bonds is 4. The molecule has 1 rings (SSSR count). The molecule has 2 N–H and O–H groups in total. The smallest absolute Gasteiger partial charge is 0.313 e. The summed E-state index contributed by atoms with van der Waals surface area (Å²) >= 11 is 5.77. The first-order chi connectivity index (χ1) is 8.95. The fourth-order valence-corrected chi connectivity index (χ4v) is 1.31. The Labute approximate surface area is 113 Å². The fourth-order valence-electron chi connectivity index (χ4n) is 1.15. The Morgan fingerprint density at radius 2 is 2.11 bits per heavy atom. The molecule has 0 atom stereocenters. The maximum atomic E-state index is 11.5. The molecule has 0 saturated heterocycles. The molecule has 0 radical (unpaired) electrons. The van der Waals surface area contributed by atoms with Gasteiger partial charge < -0.3 is 10.6 Å². The molecule has 0 spiro atoms. The summed E-state index contributed by atoms with van der Waals surface area (Å²) in [4.78, 5) is 32.7. The highest BCUT2D eigenvalue weighted by atomic mass is 35.5. The number of nitrogens with one attached hydrogen (secondary N) is 2. The number of carbonyl (C=O) groups is 2. The number of nitro groups is 1. The lowest BCUT2D eigenvalue weighted by Crippen LogP contribution is -2.35. The normalized spacial score (nSPS) is 9.53. The van der Waals surface area contributed by atoms with Gasteiger partial charge in [-0.25, -0.2) is 0 Å². The van der Waals surface area contributed by atoms with E-state index in [1.807, 2.05) is 0 Å². The van der Waals surface area contributed by atoms with Crippen LogP contribution in [0.3, 0.4) is 0 Å². The number of non-ortho nitro benzene ring substituents is 1. The lowest BCUT2D eigenvalue weighted by Gasteiger charge is -2.06. The van der Waals surface area contributed by atoms with Gasteiger partial charge in [0.2, 0.25) is 0 Å². The Morgan fingerprint density at radius 1 is 1.42 bits per heavy atom. The second-order valence-electron chi connectivity index (χ2n) is 3.37. The van der Waals surface area contributed by atoms with Gasteiger partial charge in [-0.15, -0.1) is 6.58 Å². The lowest BCUT2D eigenvalue weighted by molar-refractivity contribution is -0.384. The van der Waals surface area contributed by atoms with Crippen molar-refractivity contribution in [2.24, 2.45) is 0 Å². The van der Waals surface area contributed by atoms with Crippen LogP contribution in [0.25, 0.3) is 0 Å². The largest absolute Gasteiger partial charge is 0.344 e. The molecule has 0 fully saturated rings. The van der Waals surface area contributed by atoms with Crippen LogP contribution in [0.15, 0.2) is 30.9 Å². The van der Waals surface area contributed by atoms with Crippen LogP contribution in [0, 0.1) is 10.1 Å².